The van der Waals surface area contributed by atoms with E-state index in [2.05, 4.69) is 20.8 Å². The summed E-state index contributed by atoms with van der Waals surface area (Å²) in [5, 5.41) is 14.1. The highest BCUT2D eigenvalue weighted by Crippen LogP contribution is 2.43. The van der Waals surface area contributed by atoms with Crippen LogP contribution in [0.1, 0.15) is 25.7 Å². The molecule has 2 unspecified atom stereocenters. The van der Waals surface area contributed by atoms with Gasteiger partial charge in [-0.2, -0.15) is 28.0 Å². The van der Waals surface area contributed by atoms with Crippen molar-refractivity contribution < 1.29 is 18.4 Å². The minimum atomic E-state index is -0.798. The molecule has 2 amide bonds. The van der Waals surface area contributed by atoms with E-state index in [0.717, 1.165) is 9.03 Å². The van der Waals surface area contributed by atoms with Crippen molar-refractivity contribution in [3.63, 3.8) is 0 Å². The van der Waals surface area contributed by atoms with Gasteiger partial charge in [0.25, 0.3) is 11.1 Å². The quantitative estimate of drug-likeness (QED) is 0.250. The van der Waals surface area contributed by atoms with Gasteiger partial charge in [-0.1, -0.05) is 59.6 Å². The third-order valence-electron chi connectivity index (χ3n) is 9.28. The average Bonchev–Trinajstić information content (AvgIpc) is 3.87. The number of nitrogens with zero attached hydrogens (tertiary/aromatic N) is 6. The molecule has 254 valence electrons. The first-order valence-corrected chi connectivity index (χ1v) is 16.5. The SMILES string of the molecule is O=C1CCC(Cn2cnn3c(F)c(-c4cccc(-c5cccc(-c6cc7c(=O)n(CC8CCC(=O)N8)cnn7c6F)c5Cl)c4Cl)cc3c2=O)N1. The van der Waals surface area contributed by atoms with Gasteiger partial charge >= 0.3 is 0 Å². The van der Waals surface area contributed by atoms with Crippen LogP contribution in [0.4, 0.5) is 8.78 Å². The summed E-state index contributed by atoms with van der Waals surface area (Å²) >= 11 is 13.8. The third-order valence-corrected chi connectivity index (χ3v) is 10.1. The Labute approximate surface area is 290 Å². The standard InChI is InChI=1S/C34H26Cl2F2N8O4/c35-29-19(3-1-5-21(29)23-11-25-33(49)43(15-39-45(25)31(23)37)13-17-7-9-27(47)41-17)20-4-2-6-22(30(20)36)24-12-26-34(50)44(16-40-46(26)32(24)38)14-18-8-10-28(48)42-18/h1-6,11-12,15-18H,7-10,13-14H2,(H,41,47)(H,42,48). The van der Waals surface area contributed by atoms with E-state index in [-0.39, 0.29) is 80.3 Å². The second-order valence-electron chi connectivity index (χ2n) is 12.4. The molecule has 12 nitrogen and oxygen atoms in total. The van der Waals surface area contributed by atoms with Crippen molar-refractivity contribution >= 4 is 46.0 Å². The van der Waals surface area contributed by atoms with Crippen LogP contribution < -0.4 is 21.8 Å². The minimum Gasteiger partial charge on any atom is -0.352 e. The molecular weight excluding hydrogens is 693 g/mol. The number of amides is 2. The average molecular weight is 720 g/mol. The van der Waals surface area contributed by atoms with Gasteiger partial charge in [0.05, 0.1) is 10.0 Å². The predicted molar refractivity (Wildman–Crippen MR) is 181 cm³/mol. The molecule has 4 aromatic heterocycles. The summed E-state index contributed by atoms with van der Waals surface area (Å²) in [5.74, 6) is -1.77. The molecule has 8 rings (SSSR count). The molecule has 2 aliphatic rings. The molecule has 6 aromatic rings. The van der Waals surface area contributed by atoms with Crippen LogP contribution >= 0.6 is 23.2 Å². The molecule has 2 aromatic carbocycles. The lowest BCUT2D eigenvalue weighted by Gasteiger charge is -2.13. The molecule has 0 saturated carbocycles. The number of rotatable bonds is 7. The zero-order valence-electron chi connectivity index (χ0n) is 26.0. The number of fused-ring (bicyclic) bond motifs is 2. The molecule has 2 fully saturated rings. The smallest absolute Gasteiger partial charge is 0.277 e. The zero-order chi connectivity index (χ0) is 34.8. The van der Waals surface area contributed by atoms with Gasteiger partial charge in [-0.3, -0.25) is 28.3 Å². The fraction of sp³-hybridized carbons (Fsp3) is 0.235. The summed E-state index contributed by atoms with van der Waals surface area (Å²) in [5.41, 5.74) is 0.441. The second kappa shape index (κ2) is 12.2. The number of hydrogen-bond acceptors (Lipinski definition) is 6. The molecule has 50 heavy (non-hydrogen) atoms. The Morgan fingerprint density at radius 3 is 1.38 bits per heavy atom. The maximum absolute atomic E-state index is 15.8. The van der Waals surface area contributed by atoms with E-state index in [1.165, 1.54) is 33.9 Å². The highest BCUT2D eigenvalue weighted by molar-refractivity contribution is 6.39. The van der Waals surface area contributed by atoms with Crippen molar-refractivity contribution in [1.82, 2.24) is 39.0 Å². The zero-order valence-corrected chi connectivity index (χ0v) is 27.5. The Bertz CT molecular complexity index is 2350. The largest absolute Gasteiger partial charge is 0.352 e. The van der Waals surface area contributed by atoms with E-state index in [1.54, 1.807) is 36.4 Å². The monoisotopic (exact) mass is 718 g/mol. The van der Waals surface area contributed by atoms with E-state index in [9.17, 15) is 19.2 Å². The number of hydrogen-bond donors (Lipinski definition) is 2. The van der Waals surface area contributed by atoms with Gasteiger partial charge in [0.15, 0.2) is 0 Å². The van der Waals surface area contributed by atoms with Gasteiger partial charge in [0.1, 0.15) is 23.7 Å². The number of aromatic nitrogens is 6. The summed E-state index contributed by atoms with van der Waals surface area (Å²) in [6.45, 7) is 0.400. The summed E-state index contributed by atoms with van der Waals surface area (Å²) < 4.78 is 36.1. The van der Waals surface area contributed by atoms with Crippen molar-refractivity contribution in [1.29, 1.82) is 0 Å². The Hall–Kier alpha value is -5.34. The van der Waals surface area contributed by atoms with Crippen LogP contribution in [0.5, 0.6) is 0 Å². The highest BCUT2D eigenvalue weighted by atomic mass is 35.5. The third kappa shape index (κ3) is 5.26. The first kappa shape index (κ1) is 31.9. The Balaban J connectivity index is 1.16. The molecule has 0 spiro atoms. The second-order valence-corrected chi connectivity index (χ2v) is 13.2. The number of carbonyl (C=O) groups excluding carboxylic acids is 2. The van der Waals surface area contributed by atoms with Gasteiger partial charge in [-0.05, 0) is 25.0 Å². The highest BCUT2D eigenvalue weighted by Gasteiger charge is 2.26. The van der Waals surface area contributed by atoms with Crippen LogP contribution in [0.25, 0.3) is 44.4 Å². The molecule has 0 aliphatic carbocycles. The van der Waals surface area contributed by atoms with Crippen molar-refractivity contribution in [2.75, 3.05) is 0 Å². The van der Waals surface area contributed by atoms with Crippen molar-refractivity contribution in [2.24, 2.45) is 0 Å². The summed E-state index contributed by atoms with van der Waals surface area (Å²) in [4.78, 5) is 49.9. The predicted octanol–water partition coefficient (Wildman–Crippen LogP) is 4.45. The summed E-state index contributed by atoms with van der Waals surface area (Å²) in [6, 6.07) is 12.2. The van der Waals surface area contributed by atoms with Gasteiger partial charge in [0.2, 0.25) is 23.7 Å². The molecule has 6 heterocycles. The van der Waals surface area contributed by atoms with Crippen molar-refractivity contribution in [3.05, 3.63) is 104 Å². The Kier molecular flexibility index (Phi) is 7.79. The van der Waals surface area contributed by atoms with Crippen molar-refractivity contribution in [2.45, 2.75) is 50.9 Å². The Morgan fingerprint density at radius 1 is 0.640 bits per heavy atom. The molecule has 2 saturated heterocycles. The lowest BCUT2D eigenvalue weighted by molar-refractivity contribution is -0.120. The van der Waals surface area contributed by atoms with Gasteiger partial charge in [-0.15, -0.1) is 0 Å². The minimum absolute atomic E-state index is 0.0114. The lowest BCUT2D eigenvalue weighted by atomic mass is 9.97. The molecule has 16 heteroatoms. The lowest BCUT2D eigenvalue weighted by Crippen LogP contribution is -2.34. The van der Waals surface area contributed by atoms with Crippen LogP contribution in [0.3, 0.4) is 0 Å². The number of nitrogens with one attached hydrogen (secondary N) is 2. The fourth-order valence-corrected chi connectivity index (χ4v) is 7.41. The van der Waals surface area contributed by atoms with Gasteiger partial charge < -0.3 is 10.6 Å². The molecule has 2 atom stereocenters. The molecule has 0 radical (unpaired) electrons. The van der Waals surface area contributed by atoms with Gasteiger partial charge in [0, 0.05) is 71.4 Å². The molecule has 0 bridgehead atoms. The summed E-state index contributed by atoms with van der Waals surface area (Å²) in [7, 11) is 0. The topological polar surface area (TPSA) is 137 Å². The van der Waals surface area contributed by atoms with E-state index < -0.39 is 23.0 Å². The molecular formula is C34H26Cl2F2N8O4. The summed E-state index contributed by atoms with van der Waals surface area (Å²) in [6.07, 6.45) is 4.38. The molecule has 2 aliphatic heterocycles. The first-order valence-electron chi connectivity index (χ1n) is 15.8. The number of benzene rings is 2. The van der Waals surface area contributed by atoms with Crippen LogP contribution in [0.2, 0.25) is 10.0 Å². The van der Waals surface area contributed by atoms with Crippen molar-refractivity contribution in [3.8, 4) is 33.4 Å². The maximum atomic E-state index is 15.8. The maximum Gasteiger partial charge on any atom is 0.277 e. The normalized spacial score (nSPS) is 17.6. The number of carbonyl (C=O) groups is 2. The van der Waals surface area contributed by atoms with E-state index in [4.69, 9.17) is 23.2 Å². The molecule has 2 N–H and O–H groups in total. The first-order chi connectivity index (χ1) is 24.1. The van der Waals surface area contributed by atoms with E-state index >= 15 is 8.78 Å². The fourth-order valence-electron chi connectivity index (χ4n) is 6.75. The van der Waals surface area contributed by atoms with Crippen LogP contribution in [0.15, 0.2) is 70.8 Å². The van der Waals surface area contributed by atoms with E-state index in [0.29, 0.717) is 36.8 Å². The van der Waals surface area contributed by atoms with E-state index in [1.807, 2.05) is 0 Å². The van der Waals surface area contributed by atoms with Crippen LogP contribution in [0, 0.1) is 11.9 Å². The van der Waals surface area contributed by atoms with Gasteiger partial charge in [-0.25, -0.2) is 0 Å². The Morgan fingerprint density at radius 2 is 1.02 bits per heavy atom. The number of halogens is 4. The van der Waals surface area contributed by atoms with Crippen LogP contribution in [-0.4, -0.2) is 52.3 Å². The van der Waals surface area contributed by atoms with Crippen LogP contribution in [-0.2, 0) is 22.7 Å².